The number of hydrogen-bond acceptors (Lipinski definition) is 2. The molecule has 1 N–H and O–H groups in total. The van der Waals surface area contributed by atoms with E-state index in [2.05, 4.69) is 6.92 Å². The van der Waals surface area contributed by atoms with Crippen LogP contribution in [0.1, 0.15) is 18.9 Å². The van der Waals surface area contributed by atoms with E-state index < -0.39 is 0 Å². The highest BCUT2D eigenvalue weighted by atomic mass is 35.5. The van der Waals surface area contributed by atoms with E-state index in [0.29, 0.717) is 12.3 Å². The van der Waals surface area contributed by atoms with Crippen molar-refractivity contribution < 1.29 is 9.90 Å². The maximum absolute atomic E-state index is 12.1. The lowest BCUT2D eigenvalue weighted by Gasteiger charge is -2.34. The molecule has 1 aromatic rings. The predicted octanol–water partition coefficient (Wildman–Crippen LogP) is 2.41. The maximum atomic E-state index is 12.1. The van der Waals surface area contributed by atoms with Gasteiger partial charge in [0, 0.05) is 18.5 Å². The van der Waals surface area contributed by atoms with Gasteiger partial charge in [-0.25, -0.2) is 0 Å². The van der Waals surface area contributed by atoms with E-state index in [1.165, 1.54) is 0 Å². The average Bonchev–Trinajstić information content (AvgIpc) is 2.32. The van der Waals surface area contributed by atoms with Crippen LogP contribution >= 0.6 is 11.6 Å². The van der Waals surface area contributed by atoms with Gasteiger partial charge in [0.25, 0.3) is 0 Å². The van der Waals surface area contributed by atoms with Crippen molar-refractivity contribution in [3.8, 4) is 5.75 Å². The van der Waals surface area contributed by atoms with Crippen LogP contribution in [0.4, 0.5) is 0 Å². The van der Waals surface area contributed by atoms with Gasteiger partial charge >= 0.3 is 0 Å². The van der Waals surface area contributed by atoms with E-state index >= 15 is 0 Å². The molecule has 2 rings (SSSR count). The topological polar surface area (TPSA) is 40.5 Å². The largest absolute Gasteiger partial charge is 0.508 e. The molecule has 0 saturated carbocycles. The summed E-state index contributed by atoms with van der Waals surface area (Å²) in [7, 11) is 0. The van der Waals surface area contributed by atoms with Gasteiger partial charge in [-0.05, 0) is 30.0 Å². The summed E-state index contributed by atoms with van der Waals surface area (Å²) in [6.07, 6.45) is 1.20. The van der Waals surface area contributed by atoms with Gasteiger partial charge in [0.2, 0.25) is 5.91 Å². The molecule has 1 aliphatic heterocycles. The van der Waals surface area contributed by atoms with E-state index in [4.69, 9.17) is 11.6 Å². The number of piperidine rings is 1. The highest BCUT2D eigenvalue weighted by Gasteiger charge is 2.27. The van der Waals surface area contributed by atoms with Gasteiger partial charge in [0.05, 0.1) is 6.42 Å². The van der Waals surface area contributed by atoms with Gasteiger partial charge in [-0.1, -0.05) is 19.1 Å². The van der Waals surface area contributed by atoms with E-state index in [-0.39, 0.29) is 17.0 Å². The Morgan fingerprint density at radius 2 is 2.33 bits per heavy atom. The molecule has 0 aromatic heterocycles. The summed E-state index contributed by atoms with van der Waals surface area (Å²) in [6, 6.07) is 6.85. The Hall–Kier alpha value is -1.22. The van der Waals surface area contributed by atoms with Crippen molar-refractivity contribution in [2.24, 2.45) is 5.92 Å². The monoisotopic (exact) mass is 267 g/mol. The molecule has 1 aliphatic rings. The Morgan fingerprint density at radius 3 is 3.00 bits per heavy atom. The number of alkyl halides is 1. The fourth-order valence-electron chi connectivity index (χ4n) is 2.30. The molecule has 0 aliphatic carbocycles. The van der Waals surface area contributed by atoms with Gasteiger partial charge < -0.3 is 10.0 Å². The van der Waals surface area contributed by atoms with Crippen LogP contribution in [-0.2, 0) is 11.2 Å². The predicted molar refractivity (Wildman–Crippen MR) is 71.8 cm³/mol. The molecule has 18 heavy (non-hydrogen) atoms. The zero-order valence-corrected chi connectivity index (χ0v) is 11.2. The average molecular weight is 268 g/mol. The Kier molecular flexibility index (Phi) is 4.12. The third-order valence-corrected chi connectivity index (χ3v) is 4.07. The number of hydrogen-bond donors (Lipinski definition) is 1. The van der Waals surface area contributed by atoms with Crippen molar-refractivity contribution >= 4 is 17.5 Å². The van der Waals surface area contributed by atoms with Crippen molar-refractivity contribution in [3.63, 3.8) is 0 Å². The molecule has 0 bridgehead atoms. The quantitative estimate of drug-likeness (QED) is 0.836. The zero-order chi connectivity index (χ0) is 13.1. The molecular formula is C14H18ClNO2. The van der Waals surface area contributed by atoms with Crippen molar-refractivity contribution in [1.29, 1.82) is 0 Å². The summed E-state index contributed by atoms with van der Waals surface area (Å²) >= 11 is 6.15. The molecule has 1 aromatic carbocycles. The van der Waals surface area contributed by atoms with Crippen LogP contribution in [0.15, 0.2) is 24.3 Å². The molecule has 1 amide bonds. The molecule has 0 spiro atoms. The first-order valence-corrected chi connectivity index (χ1v) is 6.69. The summed E-state index contributed by atoms with van der Waals surface area (Å²) in [5, 5.41) is 9.55. The van der Waals surface area contributed by atoms with Crippen molar-refractivity contribution in [2.45, 2.75) is 25.1 Å². The number of phenols is 1. The number of carbonyl (C=O) groups excluding carboxylic acids is 1. The number of aromatic hydroxyl groups is 1. The SMILES string of the molecule is CC1CN(C(=O)Cc2cccc(O)c2)CCC1Cl. The summed E-state index contributed by atoms with van der Waals surface area (Å²) in [6.45, 7) is 3.54. The van der Waals surface area contributed by atoms with E-state index in [0.717, 1.165) is 25.1 Å². The summed E-state index contributed by atoms with van der Waals surface area (Å²) < 4.78 is 0. The Bertz CT molecular complexity index is 436. The Morgan fingerprint density at radius 1 is 1.56 bits per heavy atom. The van der Waals surface area contributed by atoms with Gasteiger partial charge in [0.1, 0.15) is 5.75 Å². The number of nitrogens with zero attached hydrogens (tertiary/aromatic N) is 1. The highest BCUT2D eigenvalue weighted by Crippen LogP contribution is 2.22. The van der Waals surface area contributed by atoms with Crippen molar-refractivity contribution in [2.75, 3.05) is 13.1 Å². The zero-order valence-electron chi connectivity index (χ0n) is 10.5. The molecule has 4 heteroatoms. The lowest BCUT2D eigenvalue weighted by Crippen LogP contribution is -2.44. The first kappa shape index (κ1) is 13.2. The summed E-state index contributed by atoms with van der Waals surface area (Å²) in [4.78, 5) is 14.0. The molecule has 1 fully saturated rings. The highest BCUT2D eigenvalue weighted by molar-refractivity contribution is 6.20. The third kappa shape index (κ3) is 3.16. The number of phenolic OH excluding ortho intramolecular Hbond substituents is 1. The maximum Gasteiger partial charge on any atom is 0.227 e. The number of benzene rings is 1. The summed E-state index contributed by atoms with van der Waals surface area (Å²) in [5.41, 5.74) is 0.848. The molecule has 98 valence electrons. The van der Waals surface area contributed by atoms with Gasteiger partial charge in [0.15, 0.2) is 0 Å². The standard InChI is InChI=1S/C14H18ClNO2/c1-10-9-16(6-5-13(10)15)14(18)8-11-3-2-4-12(17)7-11/h2-4,7,10,13,17H,5-6,8-9H2,1H3. The van der Waals surface area contributed by atoms with Gasteiger partial charge in [-0.3, -0.25) is 4.79 Å². The second kappa shape index (κ2) is 5.61. The molecule has 0 radical (unpaired) electrons. The van der Waals surface area contributed by atoms with Crippen LogP contribution in [0, 0.1) is 5.92 Å². The molecular weight excluding hydrogens is 250 g/mol. The fraction of sp³-hybridized carbons (Fsp3) is 0.500. The van der Waals surface area contributed by atoms with Crippen LogP contribution < -0.4 is 0 Å². The molecule has 3 nitrogen and oxygen atoms in total. The molecule has 2 unspecified atom stereocenters. The van der Waals surface area contributed by atoms with Gasteiger partial charge in [-0.15, -0.1) is 11.6 Å². The van der Waals surface area contributed by atoms with E-state index in [1.807, 2.05) is 11.0 Å². The first-order valence-electron chi connectivity index (χ1n) is 6.26. The van der Waals surface area contributed by atoms with E-state index in [1.54, 1.807) is 18.2 Å². The molecule has 2 atom stereocenters. The number of carbonyl (C=O) groups is 1. The smallest absolute Gasteiger partial charge is 0.227 e. The number of amides is 1. The van der Waals surface area contributed by atoms with Crippen LogP contribution in [0.25, 0.3) is 0 Å². The Balaban J connectivity index is 1.96. The normalized spacial score (nSPS) is 24.0. The van der Waals surface area contributed by atoms with E-state index in [9.17, 15) is 9.90 Å². The first-order chi connectivity index (χ1) is 8.56. The van der Waals surface area contributed by atoms with Crippen LogP contribution in [0.5, 0.6) is 5.75 Å². The minimum absolute atomic E-state index is 0.107. The minimum Gasteiger partial charge on any atom is -0.508 e. The van der Waals surface area contributed by atoms with Crippen molar-refractivity contribution in [3.05, 3.63) is 29.8 Å². The number of halogens is 1. The second-order valence-corrected chi connectivity index (χ2v) is 5.53. The molecule has 1 heterocycles. The third-order valence-electron chi connectivity index (χ3n) is 3.42. The fourth-order valence-corrected chi connectivity index (χ4v) is 2.47. The minimum atomic E-state index is 0.107. The second-order valence-electron chi connectivity index (χ2n) is 4.97. The lowest BCUT2D eigenvalue weighted by atomic mass is 9.99. The Labute approximate surface area is 112 Å². The van der Waals surface area contributed by atoms with Crippen molar-refractivity contribution in [1.82, 2.24) is 4.90 Å². The number of rotatable bonds is 2. The van der Waals surface area contributed by atoms with Gasteiger partial charge in [-0.2, -0.15) is 0 Å². The van der Waals surface area contributed by atoms with Crippen LogP contribution in [0.2, 0.25) is 0 Å². The summed E-state index contributed by atoms with van der Waals surface area (Å²) in [5.74, 6) is 0.651. The number of likely N-dealkylation sites (tertiary alicyclic amines) is 1. The van der Waals surface area contributed by atoms with Crippen LogP contribution in [-0.4, -0.2) is 34.4 Å². The lowest BCUT2D eigenvalue weighted by molar-refractivity contribution is -0.132. The van der Waals surface area contributed by atoms with Crippen LogP contribution in [0.3, 0.4) is 0 Å². The molecule has 1 saturated heterocycles.